The quantitative estimate of drug-likeness (QED) is 0.843. The second-order valence-electron chi connectivity index (χ2n) is 5.90. The lowest BCUT2D eigenvalue weighted by Gasteiger charge is -2.13. The minimum absolute atomic E-state index is 0.429. The summed E-state index contributed by atoms with van der Waals surface area (Å²) in [5.74, 6) is 0.559. The molecule has 2 nitrogen and oxygen atoms in total. The molecule has 0 radical (unpaired) electrons. The van der Waals surface area contributed by atoms with Crippen LogP contribution < -0.4 is 5.73 Å². The highest BCUT2D eigenvalue weighted by molar-refractivity contribution is 5.27. The van der Waals surface area contributed by atoms with Crippen molar-refractivity contribution in [2.24, 2.45) is 5.73 Å². The van der Waals surface area contributed by atoms with E-state index < -0.39 is 6.10 Å². The van der Waals surface area contributed by atoms with Crippen LogP contribution in [-0.4, -0.2) is 5.11 Å². The lowest BCUT2D eigenvalue weighted by atomic mass is 9.97. The molecule has 0 aliphatic carbocycles. The molecule has 2 aromatic rings. The Morgan fingerprint density at radius 2 is 1.67 bits per heavy atom. The molecule has 2 heteroatoms. The minimum Gasteiger partial charge on any atom is -0.388 e. The molecule has 112 valence electrons. The molecule has 0 aliphatic heterocycles. The van der Waals surface area contributed by atoms with Gasteiger partial charge in [0, 0.05) is 6.54 Å². The Morgan fingerprint density at radius 3 is 2.29 bits per heavy atom. The molecule has 0 aromatic heterocycles. The van der Waals surface area contributed by atoms with Gasteiger partial charge in [0.05, 0.1) is 6.10 Å². The van der Waals surface area contributed by atoms with E-state index >= 15 is 0 Å². The summed E-state index contributed by atoms with van der Waals surface area (Å²) in [4.78, 5) is 0. The molecular weight excluding hydrogens is 258 g/mol. The van der Waals surface area contributed by atoms with Gasteiger partial charge in [-0.15, -0.1) is 0 Å². The number of aliphatic hydroxyl groups is 1. The topological polar surface area (TPSA) is 46.2 Å². The van der Waals surface area contributed by atoms with Gasteiger partial charge in [-0.3, -0.25) is 0 Å². The molecule has 0 fully saturated rings. The van der Waals surface area contributed by atoms with Gasteiger partial charge >= 0.3 is 0 Å². The standard InChI is InChI=1S/C19H25NO/c1-14(2)17-9-6-15(7-10-17)8-11-19(21)18-5-3-4-16(12-18)13-20/h3-7,9-10,12,14,19,21H,8,11,13,20H2,1-2H3. The first-order valence-corrected chi connectivity index (χ1v) is 7.66. The molecule has 3 N–H and O–H groups in total. The first-order chi connectivity index (χ1) is 10.1. The van der Waals surface area contributed by atoms with Crippen LogP contribution in [0.1, 0.15) is 54.5 Å². The highest BCUT2D eigenvalue weighted by atomic mass is 16.3. The van der Waals surface area contributed by atoms with E-state index in [4.69, 9.17) is 5.73 Å². The first-order valence-electron chi connectivity index (χ1n) is 7.66. The van der Waals surface area contributed by atoms with Gasteiger partial charge in [-0.25, -0.2) is 0 Å². The Morgan fingerprint density at radius 1 is 0.952 bits per heavy atom. The molecule has 0 saturated heterocycles. The van der Waals surface area contributed by atoms with Crippen molar-refractivity contribution < 1.29 is 5.11 Å². The van der Waals surface area contributed by atoms with E-state index in [2.05, 4.69) is 38.1 Å². The van der Waals surface area contributed by atoms with E-state index in [1.54, 1.807) is 0 Å². The Bertz CT molecular complexity index is 560. The van der Waals surface area contributed by atoms with Crippen LogP contribution >= 0.6 is 0 Å². The monoisotopic (exact) mass is 283 g/mol. The third-order valence-electron chi connectivity index (χ3n) is 3.92. The normalized spacial score (nSPS) is 12.6. The van der Waals surface area contributed by atoms with E-state index in [1.807, 2.05) is 24.3 Å². The summed E-state index contributed by atoms with van der Waals surface area (Å²) in [6.07, 6.45) is 1.18. The number of benzene rings is 2. The molecule has 2 rings (SSSR count). The van der Waals surface area contributed by atoms with Crippen molar-refractivity contribution in [3.8, 4) is 0 Å². The van der Waals surface area contributed by atoms with Crippen LogP contribution in [-0.2, 0) is 13.0 Å². The van der Waals surface area contributed by atoms with Crippen LogP contribution in [0, 0.1) is 0 Å². The van der Waals surface area contributed by atoms with Crippen LogP contribution in [0.5, 0.6) is 0 Å². The fourth-order valence-corrected chi connectivity index (χ4v) is 2.47. The molecule has 1 atom stereocenters. The zero-order chi connectivity index (χ0) is 15.2. The number of aliphatic hydroxyl groups excluding tert-OH is 1. The van der Waals surface area contributed by atoms with E-state index in [0.717, 1.165) is 24.0 Å². The zero-order valence-corrected chi connectivity index (χ0v) is 12.9. The Hall–Kier alpha value is -1.64. The van der Waals surface area contributed by atoms with E-state index in [0.29, 0.717) is 12.5 Å². The average Bonchev–Trinajstić information content (AvgIpc) is 2.53. The predicted molar refractivity (Wildman–Crippen MR) is 88.1 cm³/mol. The largest absolute Gasteiger partial charge is 0.388 e. The molecule has 0 spiro atoms. The van der Waals surface area contributed by atoms with Gasteiger partial charge < -0.3 is 10.8 Å². The van der Waals surface area contributed by atoms with Crippen molar-refractivity contribution in [1.29, 1.82) is 0 Å². The number of rotatable bonds is 6. The van der Waals surface area contributed by atoms with Crippen molar-refractivity contribution >= 4 is 0 Å². The van der Waals surface area contributed by atoms with E-state index in [9.17, 15) is 5.11 Å². The molecule has 0 amide bonds. The van der Waals surface area contributed by atoms with Gasteiger partial charge in [-0.05, 0) is 41.0 Å². The molecule has 0 bridgehead atoms. The summed E-state index contributed by atoms with van der Waals surface area (Å²) < 4.78 is 0. The molecule has 0 aliphatic rings. The summed E-state index contributed by atoms with van der Waals surface area (Å²) >= 11 is 0. The fraction of sp³-hybridized carbons (Fsp3) is 0.368. The molecule has 0 saturated carbocycles. The maximum atomic E-state index is 10.3. The van der Waals surface area contributed by atoms with Crippen LogP contribution in [0.3, 0.4) is 0 Å². The van der Waals surface area contributed by atoms with Gasteiger partial charge in [0.15, 0.2) is 0 Å². The smallest absolute Gasteiger partial charge is 0.0793 e. The summed E-state index contributed by atoms with van der Waals surface area (Å²) in [5.41, 5.74) is 10.3. The number of hydrogen-bond acceptors (Lipinski definition) is 2. The summed E-state index contributed by atoms with van der Waals surface area (Å²) in [6, 6.07) is 16.6. The summed E-state index contributed by atoms with van der Waals surface area (Å²) in [5, 5.41) is 10.3. The predicted octanol–water partition coefficient (Wildman–Crippen LogP) is 3.93. The van der Waals surface area contributed by atoms with Crippen LogP contribution in [0.25, 0.3) is 0 Å². The van der Waals surface area contributed by atoms with Crippen LogP contribution in [0.15, 0.2) is 48.5 Å². The van der Waals surface area contributed by atoms with Crippen molar-refractivity contribution in [1.82, 2.24) is 0 Å². The average molecular weight is 283 g/mol. The third-order valence-corrected chi connectivity index (χ3v) is 3.92. The maximum Gasteiger partial charge on any atom is 0.0793 e. The maximum absolute atomic E-state index is 10.3. The third kappa shape index (κ3) is 4.42. The number of nitrogens with two attached hydrogens (primary N) is 1. The second kappa shape index (κ2) is 7.39. The number of hydrogen-bond donors (Lipinski definition) is 2. The van der Waals surface area contributed by atoms with Gasteiger partial charge in [-0.1, -0.05) is 62.4 Å². The van der Waals surface area contributed by atoms with E-state index in [1.165, 1.54) is 11.1 Å². The molecular formula is C19H25NO. The molecule has 0 heterocycles. The van der Waals surface area contributed by atoms with E-state index in [-0.39, 0.29) is 0 Å². The van der Waals surface area contributed by atoms with Gasteiger partial charge in [0.2, 0.25) is 0 Å². The van der Waals surface area contributed by atoms with Gasteiger partial charge in [0.25, 0.3) is 0 Å². The Labute approximate surface area is 127 Å². The lowest BCUT2D eigenvalue weighted by molar-refractivity contribution is 0.168. The second-order valence-corrected chi connectivity index (χ2v) is 5.90. The Kier molecular flexibility index (Phi) is 5.54. The molecule has 2 aromatic carbocycles. The lowest BCUT2D eigenvalue weighted by Crippen LogP contribution is -2.02. The number of aryl methyl sites for hydroxylation is 1. The van der Waals surface area contributed by atoms with Crippen LogP contribution in [0.2, 0.25) is 0 Å². The summed E-state index contributed by atoms with van der Waals surface area (Å²) in [6.45, 7) is 4.91. The minimum atomic E-state index is -0.429. The highest BCUT2D eigenvalue weighted by Crippen LogP contribution is 2.21. The van der Waals surface area contributed by atoms with Gasteiger partial charge in [0.1, 0.15) is 0 Å². The fourth-order valence-electron chi connectivity index (χ4n) is 2.47. The molecule has 1 unspecified atom stereocenters. The van der Waals surface area contributed by atoms with Gasteiger partial charge in [-0.2, -0.15) is 0 Å². The van der Waals surface area contributed by atoms with Crippen molar-refractivity contribution in [3.05, 3.63) is 70.8 Å². The SMILES string of the molecule is CC(C)c1ccc(CCC(O)c2cccc(CN)c2)cc1. The van der Waals surface area contributed by atoms with Crippen molar-refractivity contribution in [2.75, 3.05) is 0 Å². The van der Waals surface area contributed by atoms with Crippen molar-refractivity contribution in [3.63, 3.8) is 0 Å². The summed E-state index contributed by atoms with van der Waals surface area (Å²) in [7, 11) is 0. The Balaban J connectivity index is 1.95. The first kappa shape index (κ1) is 15.7. The molecule has 21 heavy (non-hydrogen) atoms. The zero-order valence-electron chi connectivity index (χ0n) is 12.9. The van der Waals surface area contributed by atoms with Crippen molar-refractivity contribution in [2.45, 2.75) is 45.3 Å². The highest BCUT2D eigenvalue weighted by Gasteiger charge is 2.08. The van der Waals surface area contributed by atoms with Crippen LogP contribution in [0.4, 0.5) is 0 Å².